The predicted molar refractivity (Wildman–Crippen MR) is 102 cm³/mol. The molecule has 0 bridgehead atoms. The van der Waals surface area contributed by atoms with Gasteiger partial charge in [0.1, 0.15) is 17.2 Å². The van der Waals surface area contributed by atoms with E-state index in [0.717, 1.165) is 41.9 Å². The molecule has 0 saturated carbocycles. The quantitative estimate of drug-likeness (QED) is 0.425. The van der Waals surface area contributed by atoms with Crippen LogP contribution in [0.1, 0.15) is 27.8 Å². The molecule has 0 fully saturated rings. The molecule has 23 heavy (non-hydrogen) atoms. The third-order valence-corrected chi connectivity index (χ3v) is 4.92. The van der Waals surface area contributed by atoms with Gasteiger partial charge in [-0.15, -0.1) is 35.3 Å². The lowest BCUT2D eigenvalue weighted by molar-refractivity contribution is 0.392. The number of aromatic nitrogens is 4. The number of nitrogens with one attached hydrogen (secondary N) is 2. The van der Waals surface area contributed by atoms with Crippen molar-refractivity contribution in [3.63, 3.8) is 0 Å². The van der Waals surface area contributed by atoms with E-state index in [-0.39, 0.29) is 24.0 Å². The van der Waals surface area contributed by atoms with Crippen molar-refractivity contribution < 1.29 is 0 Å². The average molecular weight is 447 g/mol. The number of rotatable bonds is 3. The molecule has 1 aliphatic heterocycles. The van der Waals surface area contributed by atoms with Gasteiger partial charge in [-0.05, 0) is 20.3 Å². The summed E-state index contributed by atoms with van der Waals surface area (Å²) in [6.45, 7) is 5.66. The molecule has 7 nitrogen and oxygen atoms in total. The molecule has 1 aliphatic rings. The maximum absolute atomic E-state index is 4.54. The molecule has 126 valence electrons. The van der Waals surface area contributed by atoms with Crippen molar-refractivity contribution in [3.8, 4) is 0 Å². The molecule has 0 radical (unpaired) electrons. The van der Waals surface area contributed by atoms with Gasteiger partial charge >= 0.3 is 0 Å². The Hall–Kier alpha value is -1.23. The van der Waals surface area contributed by atoms with Crippen molar-refractivity contribution in [1.29, 1.82) is 0 Å². The second kappa shape index (κ2) is 8.04. The molecule has 2 N–H and O–H groups in total. The van der Waals surface area contributed by atoms with Crippen LogP contribution in [-0.4, -0.2) is 38.8 Å². The number of aliphatic imine (C=N–C) groups is 1. The third kappa shape index (κ3) is 4.40. The standard InChI is InChI=1S/C14H21N7S.HI/c1-9-10(2)22-13(19-9)6-16-14(15-3)20-11-4-5-12-17-8-18-21(12)7-11;/h8,11H,4-7H2,1-3H3,(H2,15,16,20);1H. The lowest BCUT2D eigenvalue weighted by atomic mass is 10.1. The van der Waals surface area contributed by atoms with Crippen LogP contribution in [0.15, 0.2) is 11.3 Å². The number of hydrogen-bond donors (Lipinski definition) is 2. The normalized spacial score (nSPS) is 17.3. The van der Waals surface area contributed by atoms with Crippen LogP contribution in [0.25, 0.3) is 0 Å². The number of hydrogen-bond acceptors (Lipinski definition) is 5. The summed E-state index contributed by atoms with van der Waals surface area (Å²) < 4.78 is 1.96. The number of fused-ring (bicyclic) bond motifs is 1. The summed E-state index contributed by atoms with van der Waals surface area (Å²) in [5.74, 6) is 1.87. The molecule has 0 saturated heterocycles. The molecule has 9 heteroatoms. The summed E-state index contributed by atoms with van der Waals surface area (Å²) in [7, 11) is 1.79. The maximum Gasteiger partial charge on any atom is 0.191 e. The van der Waals surface area contributed by atoms with Gasteiger partial charge in [0, 0.05) is 24.4 Å². The molecular formula is C14H22IN7S. The molecule has 1 atom stereocenters. The number of thiazole rings is 1. The summed E-state index contributed by atoms with van der Waals surface area (Å²) in [6, 6.07) is 0.320. The minimum Gasteiger partial charge on any atom is -0.352 e. The van der Waals surface area contributed by atoms with Crippen LogP contribution >= 0.6 is 35.3 Å². The van der Waals surface area contributed by atoms with Gasteiger partial charge in [-0.1, -0.05) is 0 Å². The van der Waals surface area contributed by atoms with Gasteiger partial charge in [-0.2, -0.15) is 5.10 Å². The summed E-state index contributed by atoms with van der Waals surface area (Å²) in [5.41, 5.74) is 1.11. The van der Waals surface area contributed by atoms with Crippen molar-refractivity contribution in [3.05, 3.63) is 27.7 Å². The zero-order valence-electron chi connectivity index (χ0n) is 13.5. The second-order valence-corrected chi connectivity index (χ2v) is 6.70. The average Bonchev–Trinajstić information content (AvgIpc) is 3.10. The van der Waals surface area contributed by atoms with Gasteiger partial charge in [0.25, 0.3) is 0 Å². The second-order valence-electron chi connectivity index (χ2n) is 5.41. The first kappa shape index (κ1) is 18.1. The Kier molecular flexibility index (Phi) is 6.33. The fourth-order valence-corrected chi connectivity index (χ4v) is 3.39. The lowest BCUT2D eigenvalue weighted by Gasteiger charge is -2.25. The highest BCUT2D eigenvalue weighted by molar-refractivity contribution is 14.0. The maximum atomic E-state index is 4.54. The molecule has 1 unspecified atom stereocenters. The van der Waals surface area contributed by atoms with Gasteiger partial charge in [0.15, 0.2) is 5.96 Å². The molecule has 2 aromatic rings. The van der Waals surface area contributed by atoms with Crippen molar-refractivity contribution in [2.75, 3.05) is 7.05 Å². The minimum absolute atomic E-state index is 0. The molecule has 0 amide bonds. The summed E-state index contributed by atoms with van der Waals surface area (Å²) in [4.78, 5) is 14.4. The van der Waals surface area contributed by atoms with Crippen molar-refractivity contribution in [1.82, 2.24) is 30.4 Å². The summed E-state index contributed by atoms with van der Waals surface area (Å²) >= 11 is 1.73. The van der Waals surface area contributed by atoms with E-state index in [1.807, 2.05) is 11.6 Å². The van der Waals surface area contributed by atoms with E-state index in [2.05, 4.69) is 37.6 Å². The molecule has 2 aromatic heterocycles. The van der Waals surface area contributed by atoms with E-state index < -0.39 is 0 Å². The third-order valence-electron chi connectivity index (χ3n) is 3.85. The fourth-order valence-electron chi connectivity index (χ4n) is 2.52. The topological polar surface area (TPSA) is 80.0 Å². The monoisotopic (exact) mass is 447 g/mol. The van der Waals surface area contributed by atoms with Gasteiger partial charge in [-0.3, -0.25) is 4.99 Å². The van der Waals surface area contributed by atoms with Crippen molar-refractivity contribution in [2.45, 2.75) is 45.8 Å². The summed E-state index contributed by atoms with van der Waals surface area (Å²) in [6.07, 6.45) is 3.60. The van der Waals surface area contributed by atoms with Crippen LogP contribution in [0.2, 0.25) is 0 Å². The van der Waals surface area contributed by atoms with E-state index in [1.165, 1.54) is 4.88 Å². The first-order valence-electron chi connectivity index (χ1n) is 7.42. The van der Waals surface area contributed by atoms with Gasteiger partial charge < -0.3 is 10.6 Å². The smallest absolute Gasteiger partial charge is 0.191 e. The fraction of sp³-hybridized carbons (Fsp3) is 0.571. The van der Waals surface area contributed by atoms with Gasteiger partial charge in [0.2, 0.25) is 0 Å². The SMILES string of the molecule is CN=C(NCc1nc(C)c(C)s1)NC1CCc2ncnn2C1.I. The van der Waals surface area contributed by atoms with E-state index in [1.54, 1.807) is 24.7 Å². The highest BCUT2D eigenvalue weighted by atomic mass is 127. The van der Waals surface area contributed by atoms with E-state index >= 15 is 0 Å². The van der Waals surface area contributed by atoms with E-state index in [4.69, 9.17) is 0 Å². The van der Waals surface area contributed by atoms with Crippen LogP contribution in [0, 0.1) is 13.8 Å². The Labute approximate surface area is 157 Å². The first-order chi connectivity index (χ1) is 10.7. The van der Waals surface area contributed by atoms with Gasteiger partial charge in [-0.25, -0.2) is 14.6 Å². The Morgan fingerprint density at radius 1 is 1.48 bits per heavy atom. The Morgan fingerprint density at radius 2 is 2.30 bits per heavy atom. The molecule has 0 aliphatic carbocycles. The van der Waals surface area contributed by atoms with Crippen molar-refractivity contribution in [2.24, 2.45) is 4.99 Å². The number of nitrogens with zero attached hydrogens (tertiary/aromatic N) is 5. The Bertz CT molecular complexity index is 659. The molecular weight excluding hydrogens is 425 g/mol. The van der Waals surface area contributed by atoms with Crippen LogP contribution in [0.3, 0.4) is 0 Å². The highest BCUT2D eigenvalue weighted by Crippen LogP contribution is 2.16. The number of aryl methyl sites for hydroxylation is 3. The molecule has 3 heterocycles. The van der Waals surface area contributed by atoms with Crippen LogP contribution in [-0.2, 0) is 19.5 Å². The highest BCUT2D eigenvalue weighted by Gasteiger charge is 2.20. The Balaban J connectivity index is 0.00000192. The Morgan fingerprint density at radius 3 is 3.00 bits per heavy atom. The van der Waals surface area contributed by atoms with E-state index in [9.17, 15) is 0 Å². The summed E-state index contributed by atoms with van der Waals surface area (Å²) in [5, 5.41) is 12.1. The lowest BCUT2D eigenvalue weighted by Crippen LogP contribution is -2.46. The van der Waals surface area contributed by atoms with Crippen LogP contribution in [0.5, 0.6) is 0 Å². The van der Waals surface area contributed by atoms with Crippen molar-refractivity contribution >= 4 is 41.3 Å². The zero-order chi connectivity index (χ0) is 15.5. The first-order valence-corrected chi connectivity index (χ1v) is 8.24. The molecule has 0 spiro atoms. The minimum atomic E-state index is 0. The molecule has 3 rings (SSSR count). The van der Waals surface area contributed by atoms with Crippen LogP contribution in [0.4, 0.5) is 0 Å². The number of halogens is 1. The zero-order valence-corrected chi connectivity index (χ0v) is 16.7. The largest absolute Gasteiger partial charge is 0.352 e. The number of guanidine groups is 1. The van der Waals surface area contributed by atoms with E-state index in [0.29, 0.717) is 12.6 Å². The van der Waals surface area contributed by atoms with Crippen LogP contribution < -0.4 is 10.6 Å². The predicted octanol–water partition coefficient (Wildman–Crippen LogP) is 1.65. The molecule has 0 aromatic carbocycles. The van der Waals surface area contributed by atoms with Gasteiger partial charge in [0.05, 0.1) is 18.8 Å².